The van der Waals surface area contributed by atoms with E-state index in [1.807, 2.05) is 6.92 Å². The summed E-state index contributed by atoms with van der Waals surface area (Å²) in [5.74, 6) is 0.0449. The van der Waals surface area contributed by atoms with Crippen LogP contribution >= 0.6 is 0 Å². The molecular formula is C11H23N3O3S. The molecule has 7 heteroatoms. The van der Waals surface area contributed by atoms with Gasteiger partial charge in [0.15, 0.2) is 0 Å². The Bertz CT molecular complexity index is 370. The zero-order valence-electron chi connectivity index (χ0n) is 11.1. The number of likely N-dealkylation sites (tertiary alicyclic amines) is 1. The lowest BCUT2D eigenvalue weighted by Gasteiger charge is -2.32. The molecule has 106 valence electrons. The highest BCUT2D eigenvalue weighted by molar-refractivity contribution is 7.88. The molecule has 18 heavy (non-hydrogen) atoms. The van der Waals surface area contributed by atoms with Gasteiger partial charge in [0.25, 0.3) is 0 Å². The van der Waals surface area contributed by atoms with Gasteiger partial charge in [0.2, 0.25) is 15.9 Å². The summed E-state index contributed by atoms with van der Waals surface area (Å²) in [7, 11) is -3.20. The number of rotatable bonds is 6. The van der Waals surface area contributed by atoms with Gasteiger partial charge in [-0.1, -0.05) is 6.92 Å². The molecule has 1 saturated heterocycles. The maximum atomic E-state index is 11.9. The van der Waals surface area contributed by atoms with E-state index in [2.05, 4.69) is 10.0 Å². The highest BCUT2D eigenvalue weighted by Gasteiger charge is 2.24. The molecule has 1 fully saturated rings. The number of amides is 1. The van der Waals surface area contributed by atoms with E-state index < -0.39 is 10.0 Å². The molecule has 0 saturated carbocycles. The van der Waals surface area contributed by atoms with E-state index in [4.69, 9.17) is 0 Å². The number of piperidine rings is 1. The minimum Gasteiger partial charge on any atom is -0.340 e. The van der Waals surface area contributed by atoms with Gasteiger partial charge in [-0.25, -0.2) is 13.1 Å². The normalized spacial score (nSPS) is 21.0. The highest BCUT2D eigenvalue weighted by atomic mass is 32.2. The number of carbonyl (C=O) groups excluding carboxylic acids is 1. The van der Waals surface area contributed by atoms with Crippen molar-refractivity contribution >= 4 is 15.9 Å². The minimum absolute atomic E-state index is 0.0449. The first kappa shape index (κ1) is 15.4. The van der Waals surface area contributed by atoms with E-state index in [-0.39, 0.29) is 11.9 Å². The van der Waals surface area contributed by atoms with Crippen molar-refractivity contribution in [2.75, 3.05) is 32.4 Å². The second-order valence-electron chi connectivity index (χ2n) is 4.75. The first-order valence-corrected chi connectivity index (χ1v) is 8.27. The van der Waals surface area contributed by atoms with Crippen LogP contribution in [0.1, 0.15) is 26.2 Å². The van der Waals surface area contributed by atoms with Crippen molar-refractivity contribution in [2.24, 2.45) is 0 Å². The van der Waals surface area contributed by atoms with E-state index in [0.717, 1.165) is 32.1 Å². The molecule has 1 rings (SSSR count). The van der Waals surface area contributed by atoms with E-state index >= 15 is 0 Å². The van der Waals surface area contributed by atoms with Crippen LogP contribution in [0.15, 0.2) is 0 Å². The van der Waals surface area contributed by atoms with Gasteiger partial charge in [-0.15, -0.1) is 0 Å². The molecule has 6 nitrogen and oxygen atoms in total. The Balaban J connectivity index is 2.40. The van der Waals surface area contributed by atoms with Crippen LogP contribution < -0.4 is 10.0 Å². The van der Waals surface area contributed by atoms with Gasteiger partial charge < -0.3 is 10.2 Å². The largest absolute Gasteiger partial charge is 0.340 e. The summed E-state index contributed by atoms with van der Waals surface area (Å²) in [4.78, 5) is 13.6. The van der Waals surface area contributed by atoms with Gasteiger partial charge in [0.1, 0.15) is 0 Å². The fraction of sp³-hybridized carbons (Fsp3) is 0.909. The first-order valence-electron chi connectivity index (χ1n) is 6.38. The summed E-state index contributed by atoms with van der Waals surface area (Å²) in [6, 6.07) is -0.149. The van der Waals surface area contributed by atoms with Gasteiger partial charge >= 0.3 is 0 Å². The maximum Gasteiger partial charge on any atom is 0.236 e. The molecular weight excluding hydrogens is 254 g/mol. The zero-order chi connectivity index (χ0) is 13.6. The Morgan fingerprint density at radius 2 is 2.17 bits per heavy atom. The lowest BCUT2D eigenvalue weighted by atomic mass is 10.1. The van der Waals surface area contributed by atoms with Gasteiger partial charge in [-0.3, -0.25) is 4.79 Å². The van der Waals surface area contributed by atoms with E-state index in [0.29, 0.717) is 19.6 Å². The summed E-state index contributed by atoms with van der Waals surface area (Å²) >= 11 is 0. The van der Waals surface area contributed by atoms with Crippen molar-refractivity contribution in [3.63, 3.8) is 0 Å². The molecule has 1 atom stereocenters. The molecule has 1 heterocycles. The van der Waals surface area contributed by atoms with Crippen molar-refractivity contribution in [1.82, 2.24) is 14.9 Å². The van der Waals surface area contributed by atoms with Crippen molar-refractivity contribution < 1.29 is 13.2 Å². The second-order valence-corrected chi connectivity index (χ2v) is 6.53. The number of sulfonamides is 1. The number of hydrogen-bond donors (Lipinski definition) is 2. The fourth-order valence-corrected chi connectivity index (χ4v) is 2.88. The van der Waals surface area contributed by atoms with Crippen LogP contribution in [0.25, 0.3) is 0 Å². The molecule has 0 aromatic carbocycles. The average molecular weight is 277 g/mol. The quantitative estimate of drug-likeness (QED) is 0.643. The Hall–Kier alpha value is -0.660. The van der Waals surface area contributed by atoms with Crippen LogP contribution in [-0.4, -0.2) is 57.7 Å². The molecule has 1 aliphatic heterocycles. The van der Waals surface area contributed by atoms with E-state index in [9.17, 15) is 13.2 Å². The fourth-order valence-electron chi connectivity index (χ4n) is 2.09. The van der Waals surface area contributed by atoms with Crippen molar-refractivity contribution in [3.8, 4) is 0 Å². The zero-order valence-corrected chi connectivity index (χ0v) is 11.9. The van der Waals surface area contributed by atoms with Gasteiger partial charge in [0, 0.05) is 19.1 Å². The topological polar surface area (TPSA) is 78.5 Å². The number of nitrogens with zero attached hydrogens (tertiary/aromatic N) is 1. The Morgan fingerprint density at radius 1 is 1.44 bits per heavy atom. The first-order chi connectivity index (χ1) is 8.42. The van der Waals surface area contributed by atoms with Crippen molar-refractivity contribution in [3.05, 3.63) is 0 Å². The molecule has 2 N–H and O–H groups in total. The van der Waals surface area contributed by atoms with Crippen LogP contribution in [0, 0.1) is 0 Å². The summed E-state index contributed by atoms with van der Waals surface area (Å²) in [5, 5.41) is 3.07. The number of hydrogen-bond acceptors (Lipinski definition) is 4. The SMILES string of the molecule is CCCNCC(=O)N1CCCC(NS(C)(=O)=O)C1. The summed E-state index contributed by atoms with van der Waals surface area (Å²) in [5.41, 5.74) is 0. The third-order valence-corrected chi connectivity index (χ3v) is 3.62. The maximum absolute atomic E-state index is 11.9. The summed E-state index contributed by atoms with van der Waals surface area (Å²) in [6.07, 6.45) is 3.77. The average Bonchev–Trinajstić information content (AvgIpc) is 2.27. The standard InChI is InChI=1S/C11H23N3O3S/c1-3-6-12-8-11(15)14-7-4-5-10(9-14)13-18(2,16)17/h10,12-13H,3-9H2,1-2H3. The monoisotopic (exact) mass is 277 g/mol. The smallest absolute Gasteiger partial charge is 0.236 e. The molecule has 1 unspecified atom stereocenters. The molecule has 0 radical (unpaired) electrons. The minimum atomic E-state index is -3.20. The third-order valence-electron chi connectivity index (χ3n) is 2.86. The summed E-state index contributed by atoms with van der Waals surface area (Å²) < 4.78 is 24.9. The lowest BCUT2D eigenvalue weighted by Crippen LogP contribution is -2.51. The Kier molecular flexibility index (Phi) is 6.04. The van der Waals surface area contributed by atoms with E-state index in [1.54, 1.807) is 4.90 Å². The Morgan fingerprint density at radius 3 is 2.78 bits per heavy atom. The van der Waals surface area contributed by atoms with Crippen molar-refractivity contribution in [1.29, 1.82) is 0 Å². The lowest BCUT2D eigenvalue weighted by molar-refractivity contribution is -0.131. The number of nitrogens with one attached hydrogen (secondary N) is 2. The van der Waals surface area contributed by atoms with Crippen LogP contribution in [0.2, 0.25) is 0 Å². The molecule has 1 amide bonds. The molecule has 1 aliphatic rings. The van der Waals surface area contributed by atoms with Gasteiger partial charge in [0.05, 0.1) is 12.8 Å². The highest BCUT2D eigenvalue weighted by Crippen LogP contribution is 2.10. The molecule has 0 spiro atoms. The van der Waals surface area contributed by atoms with Crippen LogP contribution in [0.3, 0.4) is 0 Å². The predicted octanol–water partition coefficient (Wildman–Crippen LogP) is -0.474. The van der Waals surface area contributed by atoms with Gasteiger partial charge in [-0.05, 0) is 25.8 Å². The predicted molar refractivity (Wildman–Crippen MR) is 70.7 cm³/mol. The summed E-state index contributed by atoms with van der Waals surface area (Å²) in [6.45, 7) is 4.39. The van der Waals surface area contributed by atoms with Crippen molar-refractivity contribution in [2.45, 2.75) is 32.2 Å². The second kappa shape index (κ2) is 7.06. The van der Waals surface area contributed by atoms with Gasteiger partial charge in [-0.2, -0.15) is 0 Å². The Labute approximate surface area is 109 Å². The van der Waals surface area contributed by atoms with Crippen LogP contribution in [0.5, 0.6) is 0 Å². The molecule has 0 bridgehead atoms. The third kappa shape index (κ3) is 5.79. The van der Waals surface area contributed by atoms with E-state index in [1.165, 1.54) is 0 Å². The molecule has 0 aliphatic carbocycles. The number of carbonyl (C=O) groups is 1. The van der Waals surface area contributed by atoms with Crippen LogP contribution in [-0.2, 0) is 14.8 Å². The molecule has 0 aromatic heterocycles. The molecule has 0 aromatic rings. The van der Waals surface area contributed by atoms with Crippen LogP contribution in [0.4, 0.5) is 0 Å².